The van der Waals surface area contributed by atoms with Crippen LogP contribution in [-0.4, -0.2) is 12.7 Å². The predicted octanol–water partition coefficient (Wildman–Crippen LogP) is 5.69. The fraction of sp³-hybridized carbons (Fsp3) is 0.0833. The number of rotatable bonds is 0. The third kappa shape index (κ3) is 1.87. The van der Waals surface area contributed by atoms with E-state index in [-0.39, 0.29) is 6.10 Å². The summed E-state index contributed by atoms with van der Waals surface area (Å²) in [6.07, 6.45) is 2.24. The largest absolute Gasteiger partial charge is 0.488 e. The Balaban J connectivity index is 1.63. The topological polar surface area (TPSA) is 18.5 Å². The molecule has 0 N–H and O–H groups in total. The molecule has 26 heavy (non-hydrogen) atoms. The first-order valence-electron chi connectivity index (χ1n) is 8.93. The lowest BCUT2D eigenvalue weighted by molar-refractivity contribution is 0.161. The molecule has 0 aromatic heterocycles. The Kier molecular flexibility index (Phi) is 2.75. The fourth-order valence-corrected chi connectivity index (χ4v) is 4.15. The first-order chi connectivity index (χ1) is 12.9. The van der Waals surface area contributed by atoms with Crippen molar-refractivity contribution in [1.29, 1.82) is 0 Å². The van der Waals surface area contributed by atoms with E-state index in [9.17, 15) is 0 Å². The summed E-state index contributed by atoms with van der Waals surface area (Å²) in [5.74, 6) is 1.91. The molecule has 0 spiro atoms. The smallest absolute Gasteiger partial charge is 0.158 e. The van der Waals surface area contributed by atoms with Crippen LogP contribution in [0, 0.1) is 0 Å². The van der Waals surface area contributed by atoms with Crippen molar-refractivity contribution in [2.75, 3.05) is 6.61 Å². The second-order valence-corrected chi connectivity index (χ2v) is 6.88. The molecule has 0 radical (unpaired) electrons. The Morgan fingerprint density at radius 2 is 1.46 bits per heavy atom. The number of ether oxygens (including phenoxy) is 2. The highest BCUT2D eigenvalue weighted by Crippen LogP contribution is 2.45. The van der Waals surface area contributed by atoms with Gasteiger partial charge in [-0.2, -0.15) is 0 Å². The van der Waals surface area contributed by atoms with E-state index in [4.69, 9.17) is 9.47 Å². The van der Waals surface area contributed by atoms with E-state index in [0.717, 1.165) is 28.0 Å². The minimum atomic E-state index is -0.0580. The molecule has 1 atom stereocenters. The molecule has 2 aliphatic heterocycles. The third-order valence-electron chi connectivity index (χ3n) is 5.42. The number of fused-ring (bicyclic) bond motifs is 8. The van der Waals surface area contributed by atoms with Crippen molar-refractivity contribution in [3.8, 4) is 11.5 Å². The maximum atomic E-state index is 6.32. The second kappa shape index (κ2) is 5.12. The van der Waals surface area contributed by atoms with Crippen LogP contribution in [0.25, 0.3) is 33.2 Å². The number of hydrogen-bond donors (Lipinski definition) is 0. The van der Waals surface area contributed by atoms with Crippen molar-refractivity contribution in [1.82, 2.24) is 0 Å². The van der Waals surface area contributed by atoms with E-state index in [0.29, 0.717) is 6.61 Å². The van der Waals surface area contributed by atoms with E-state index in [1.165, 1.54) is 21.7 Å². The van der Waals surface area contributed by atoms with Crippen LogP contribution < -0.4 is 9.47 Å². The minimum absolute atomic E-state index is 0.0580. The fourth-order valence-electron chi connectivity index (χ4n) is 4.15. The minimum Gasteiger partial charge on any atom is -0.488 e. The molecule has 1 unspecified atom stereocenters. The summed E-state index contributed by atoms with van der Waals surface area (Å²) in [4.78, 5) is 0. The zero-order valence-corrected chi connectivity index (χ0v) is 14.1. The van der Waals surface area contributed by atoms with Gasteiger partial charge in [-0.05, 0) is 28.3 Å². The molecule has 124 valence electrons. The monoisotopic (exact) mass is 336 g/mol. The third-order valence-corrected chi connectivity index (χ3v) is 5.42. The molecule has 0 bridgehead atoms. The average molecular weight is 336 g/mol. The normalized spacial score (nSPS) is 17.5. The van der Waals surface area contributed by atoms with E-state index >= 15 is 0 Å². The van der Waals surface area contributed by atoms with Gasteiger partial charge >= 0.3 is 0 Å². The van der Waals surface area contributed by atoms with Crippen molar-refractivity contribution in [2.24, 2.45) is 0 Å². The van der Waals surface area contributed by atoms with Crippen LogP contribution in [0.2, 0.25) is 0 Å². The standard InChI is InChI=1S/C24H16O2/c1-3-7-17-15(5-1)10-12-22-20(17)13-21-19-11-9-16-6-2-4-8-18(16)24(19)25-14-23(21)26-22/h1-13,23H,14H2. The summed E-state index contributed by atoms with van der Waals surface area (Å²) in [7, 11) is 0. The molecule has 0 fully saturated rings. The van der Waals surface area contributed by atoms with Crippen molar-refractivity contribution in [3.63, 3.8) is 0 Å². The van der Waals surface area contributed by atoms with E-state index in [1.807, 2.05) is 0 Å². The van der Waals surface area contributed by atoms with Crippen molar-refractivity contribution < 1.29 is 9.47 Å². The van der Waals surface area contributed by atoms with Gasteiger partial charge in [-0.25, -0.2) is 0 Å². The Morgan fingerprint density at radius 1 is 0.731 bits per heavy atom. The average Bonchev–Trinajstić information content (AvgIpc) is 2.72. The molecule has 2 heterocycles. The van der Waals surface area contributed by atoms with E-state index < -0.39 is 0 Å². The molecule has 4 aromatic rings. The highest BCUT2D eigenvalue weighted by atomic mass is 16.5. The molecular weight excluding hydrogens is 320 g/mol. The van der Waals surface area contributed by atoms with Crippen molar-refractivity contribution in [2.45, 2.75) is 6.10 Å². The first-order valence-corrected chi connectivity index (χ1v) is 8.93. The summed E-state index contributed by atoms with van der Waals surface area (Å²) in [5.41, 5.74) is 3.51. The van der Waals surface area contributed by atoms with Gasteiger partial charge in [-0.1, -0.05) is 66.7 Å². The second-order valence-electron chi connectivity index (χ2n) is 6.88. The van der Waals surface area contributed by atoms with Crippen LogP contribution in [-0.2, 0) is 0 Å². The van der Waals surface area contributed by atoms with Gasteiger partial charge in [0.25, 0.3) is 0 Å². The van der Waals surface area contributed by atoms with Crippen LogP contribution in [0.4, 0.5) is 0 Å². The zero-order chi connectivity index (χ0) is 17.1. The highest BCUT2D eigenvalue weighted by molar-refractivity contribution is 6.03. The van der Waals surface area contributed by atoms with Crippen molar-refractivity contribution in [3.05, 3.63) is 83.9 Å². The lowest BCUT2D eigenvalue weighted by atomic mass is 9.89. The SMILES string of the molecule is C1=C2c3ccc4ccccc4c3OCC2Oc2ccc3ccccc3c21. The lowest BCUT2D eigenvalue weighted by Gasteiger charge is -2.33. The van der Waals surface area contributed by atoms with E-state index in [2.05, 4.69) is 78.9 Å². The summed E-state index contributed by atoms with van der Waals surface area (Å²) >= 11 is 0. The van der Waals surface area contributed by atoms with Gasteiger partial charge in [-0.15, -0.1) is 0 Å². The maximum absolute atomic E-state index is 6.32. The van der Waals surface area contributed by atoms with Crippen molar-refractivity contribution >= 4 is 33.2 Å². The molecule has 2 aliphatic rings. The van der Waals surface area contributed by atoms with Gasteiger partial charge in [0.1, 0.15) is 18.1 Å². The summed E-state index contributed by atoms with van der Waals surface area (Å²) < 4.78 is 12.5. The number of benzene rings is 4. The van der Waals surface area contributed by atoms with Crippen LogP contribution in [0.1, 0.15) is 11.1 Å². The Bertz CT molecular complexity index is 1220. The van der Waals surface area contributed by atoms with Crippen LogP contribution in [0.15, 0.2) is 72.8 Å². The maximum Gasteiger partial charge on any atom is 0.158 e. The molecule has 6 rings (SSSR count). The van der Waals surface area contributed by atoms with Crippen LogP contribution in [0.5, 0.6) is 11.5 Å². The Morgan fingerprint density at radius 3 is 2.35 bits per heavy atom. The predicted molar refractivity (Wildman–Crippen MR) is 106 cm³/mol. The van der Waals surface area contributed by atoms with Gasteiger partial charge in [0, 0.05) is 22.1 Å². The van der Waals surface area contributed by atoms with Gasteiger partial charge in [0.15, 0.2) is 6.10 Å². The molecule has 4 aromatic carbocycles. The molecule has 2 nitrogen and oxygen atoms in total. The molecule has 0 saturated heterocycles. The Hall–Kier alpha value is -3.26. The molecule has 0 aliphatic carbocycles. The van der Waals surface area contributed by atoms with Crippen LogP contribution in [0.3, 0.4) is 0 Å². The summed E-state index contributed by atoms with van der Waals surface area (Å²) in [6.45, 7) is 0.541. The molecular formula is C24H16O2. The molecule has 2 heteroatoms. The molecule has 0 saturated carbocycles. The van der Waals surface area contributed by atoms with E-state index in [1.54, 1.807) is 0 Å². The number of hydrogen-bond acceptors (Lipinski definition) is 2. The Labute approximate surface area is 151 Å². The summed E-state index contributed by atoms with van der Waals surface area (Å²) in [6, 6.07) is 25.4. The summed E-state index contributed by atoms with van der Waals surface area (Å²) in [5, 5.41) is 4.82. The van der Waals surface area contributed by atoms with Gasteiger partial charge in [0.05, 0.1) is 0 Å². The van der Waals surface area contributed by atoms with Gasteiger partial charge in [0.2, 0.25) is 0 Å². The lowest BCUT2D eigenvalue weighted by Crippen LogP contribution is -2.32. The van der Waals surface area contributed by atoms with Crippen LogP contribution >= 0.6 is 0 Å². The molecule has 0 amide bonds. The first kappa shape index (κ1) is 14.0. The van der Waals surface area contributed by atoms with Gasteiger partial charge < -0.3 is 9.47 Å². The zero-order valence-electron chi connectivity index (χ0n) is 14.1. The van der Waals surface area contributed by atoms with Gasteiger partial charge in [-0.3, -0.25) is 0 Å². The quantitative estimate of drug-likeness (QED) is 0.411. The highest BCUT2D eigenvalue weighted by Gasteiger charge is 2.31.